The molecule has 0 amide bonds. The molecular formula is C18H19NO. The number of carbonyl (C=O) groups excluding carboxylic acids is 1. The zero-order valence-corrected chi connectivity index (χ0v) is 11.6. The van der Waals surface area contributed by atoms with E-state index in [2.05, 4.69) is 18.2 Å². The standard InChI is InChI=1S/C18H19NO/c19-12-13-4-8-16(9-5-13)18(20)11-14-6-7-15-2-1-3-17(15)10-14/h4-10H,1-3,11-12,19H2. The van der Waals surface area contributed by atoms with Crippen LogP contribution in [0.15, 0.2) is 42.5 Å². The smallest absolute Gasteiger partial charge is 0.167 e. The largest absolute Gasteiger partial charge is 0.326 e. The molecule has 20 heavy (non-hydrogen) atoms. The van der Waals surface area contributed by atoms with Crippen LogP contribution in [0.1, 0.15) is 39.0 Å². The average molecular weight is 265 g/mol. The fourth-order valence-corrected chi connectivity index (χ4v) is 2.85. The number of ketones is 1. The maximum atomic E-state index is 12.3. The van der Waals surface area contributed by atoms with Crippen molar-refractivity contribution in [1.82, 2.24) is 0 Å². The molecule has 0 fully saturated rings. The summed E-state index contributed by atoms with van der Waals surface area (Å²) in [5.41, 5.74) is 11.4. The van der Waals surface area contributed by atoms with Crippen molar-refractivity contribution >= 4 is 5.78 Å². The Hall–Kier alpha value is -1.93. The van der Waals surface area contributed by atoms with Crippen molar-refractivity contribution in [3.8, 4) is 0 Å². The highest BCUT2D eigenvalue weighted by Gasteiger charge is 2.13. The third kappa shape index (κ3) is 2.66. The molecule has 102 valence electrons. The zero-order valence-electron chi connectivity index (χ0n) is 11.6. The topological polar surface area (TPSA) is 43.1 Å². The second-order valence-corrected chi connectivity index (χ2v) is 5.46. The minimum absolute atomic E-state index is 0.173. The molecular weight excluding hydrogens is 246 g/mol. The van der Waals surface area contributed by atoms with Crippen molar-refractivity contribution in [3.05, 3.63) is 70.3 Å². The Morgan fingerprint density at radius 2 is 1.65 bits per heavy atom. The van der Waals surface area contributed by atoms with Gasteiger partial charge in [-0.2, -0.15) is 0 Å². The number of fused-ring (bicyclic) bond motifs is 1. The first-order valence-corrected chi connectivity index (χ1v) is 7.19. The first kappa shape index (κ1) is 13.1. The van der Waals surface area contributed by atoms with E-state index in [0.29, 0.717) is 13.0 Å². The summed E-state index contributed by atoms with van der Waals surface area (Å²) in [4.78, 5) is 12.3. The maximum absolute atomic E-state index is 12.3. The van der Waals surface area contributed by atoms with Crippen LogP contribution >= 0.6 is 0 Å². The fraction of sp³-hybridized carbons (Fsp3) is 0.278. The summed E-state index contributed by atoms with van der Waals surface area (Å²) in [6.07, 6.45) is 4.06. The predicted molar refractivity (Wildman–Crippen MR) is 80.8 cm³/mol. The Bertz CT molecular complexity index is 628. The van der Waals surface area contributed by atoms with Crippen LogP contribution < -0.4 is 5.73 Å². The molecule has 0 aliphatic heterocycles. The molecule has 0 radical (unpaired) electrons. The lowest BCUT2D eigenvalue weighted by atomic mass is 9.99. The third-order valence-electron chi connectivity index (χ3n) is 4.04. The average Bonchev–Trinajstić information content (AvgIpc) is 2.95. The zero-order chi connectivity index (χ0) is 13.9. The third-order valence-corrected chi connectivity index (χ3v) is 4.04. The van der Waals surface area contributed by atoms with Crippen LogP contribution in [0.2, 0.25) is 0 Å². The lowest BCUT2D eigenvalue weighted by Gasteiger charge is -2.05. The van der Waals surface area contributed by atoms with Gasteiger partial charge in [-0.05, 0) is 41.5 Å². The lowest BCUT2D eigenvalue weighted by Crippen LogP contribution is -2.05. The van der Waals surface area contributed by atoms with Crippen molar-refractivity contribution in [3.63, 3.8) is 0 Å². The fourth-order valence-electron chi connectivity index (χ4n) is 2.85. The summed E-state index contributed by atoms with van der Waals surface area (Å²) in [5, 5.41) is 0. The molecule has 0 aromatic heterocycles. The molecule has 1 aliphatic rings. The van der Waals surface area contributed by atoms with Crippen LogP contribution in [0.3, 0.4) is 0 Å². The van der Waals surface area contributed by atoms with Gasteiger partial charge in [0.25, 0.3) is 0 Å². The Morgan fingerprint density at radius 3 is 2.40 bits per heavy atom. The number of rotatable bonds is 4. The van der Waals surface area contributed by atoms with Crippen LogP contribution in [0.4, 0.5) is 0 Å². The van der Waals surface area contributed by atoms with Gasteiger partial charge < -0.3 is 5.73 Å². The lowest BCUT2D eigenvalue weighted by molar-refractivity contribution is 0.0993. The van der Waals surface area contributed by atoms with Gasteiger partial charge in [0.2, 0.25) is 0 Å². The van der Waals surface area contributed by atoms with Crippen LogP contribution in [0.25, 0.3) is 0 Å². The molecule has 0 unspecified atom stereocenters. The molecule has 1 aliphatic carbocycles. The molecule has 0 heterocycles. The van der Waals surface area contributed by atoms with Gasteiger partial charge in [-0.25, -0.2) is 0 Å². The van der Waals surface area contributed by atoms with E-state index in [9.17, 15) is 4.79 Å². The predicted octanol–water partition coefficient (Wildman–Crippen LogP) is 3.06. The SMILES string of the molecule is NCc1ccc(C(=O)Cc2ccc3c(c2)CCC3)cc1. The van der Waals surface area contributed by atoms with Crippen molar-refractivity contribution < 1.29 is 4.79 Å². The molecule has 2 aromatic carbocycles. The van der Waals surface area contributed by atoms with Crippen molar-refractivity contribution in [2.24, 2.45) is 5.73 Å². The number of Topliss-reactive ketones (excluding diaryl/α,β-unsaturated/α-hetero) is 1. The second-order valence-electron chi connectivity index (χ2n) is 5.46. The number of aryl methyl sites for hydroxylation is 2. The molecule has 3 rings (SSSR count). The quantitative estimate of drug-likeness (QED) is 0.863. The van der Waals surface area contributed by atoms with Gasteiger partial charge in [0.1, 0.15) is 0 Å². The van der Waals surface area contributed by atoms with Gasteiger partial charge in [-0.15, -0.1) is 0 Å². The molecule has 0 bridgehead atoms. The summed E-state index contributed by atoms with van der Waals surface area (Å²) in [6.45, 7) is 0.513. The van der Waals surface area contributed by atoms with Crippen molar-refractivity contribution in [1.29, 1.82) is 0 Å². The Balaban J connectivity index is 1.75. The summed E-state index contributed by atoms with van der Waals surface area (Å²) in [5.74, 6) is 0.173. The molecule has 2 aromatic rings. The highest BCUT2D eigenvalue weighted by Crippen LogP contribution is 2.23. The molecule has 0 atom stereocenters. The minimum Gasteiger partial charge on any atom is -0.326 e. The number of benzene rings is 2. The van der Waals surface area contributed by atoms with Crippen LogP contribution in [0, 0.1) is 0 Å². The summed E-state index contributed by atoms with van der Waals surface area (Å²) in [7, 11) is 0. The van der Waals surface area contributed by atoms with Gasteiger partial charge in [0.15, 0.2) is 5.78 Å². The van der Waals surface area contributed by atoms with E-state index < -0.39 is 0 Å². The normalized spacial score (nSPS) is 13.2. The molecule has 0 spiro atoms. The van der Waals surface area contributed by atoms with Gasteiger partial charge >= 0.3 is 0 Å². The van der Waals surface area contributed by atoms with Crippen LogP contribution in [-0.2, 0) is 25.8 Å². The van der Waals surface area contributed by atoms with E-state index in [1.807, 2.05) is 24.3 Å². The highest BCUT2D eigenvalue weighted by atomic mass is 16.1. The Kier molecular flexibility index (Phi) is 3.66. The summed E-state index contributed by atoms with van der Waals surface area (Å²) < 4.78 is 0. The number of nitrogens with two attached hydrogens (primary N) is 1. The number of hydrogen-bond acceptors (Lipinski definition) is 2. The molecule has 2 N–H and O–H groups in total. The van der Waals surface area contributed by atoms with Gasteiger partial charge in [-0.3, -0.25) is 4.79 Å². The molecule has 0 saturated heterocycles. The molecule has 2 heteroatoms. The maximum Gasteiger partial charge on any atom is 0.167 e. The highest BCUT2D eigenvalue weighted by molar-refractivity contribution is 5.97. The van der Waals surface area contributed by atoms with Gasteiger partial charge in [0, 0.05) is 18.5 Å². The Labute approximate surface area is 119 Å². The van der Waals surface area contributed by atoms with Crippen molar-refractivity contribution in [2.45, 2.75) is 32.2 Å². The molecule has 0 saturated carbocycles. The second kappa shape index (κ2) is 5.59. The van der Waals surface area contributed by atoms with Gasteiger partial charge in [0.05, 0.1) is 0 Å². The summed E-state index contributed by atoms with van der Waals surface area (Å²) in [6, 6.07) is 14.1. The number of hydrogen-bond donors (Lipinski definition) is 1. The Morgan fingerprint density at radius 1 is 0.950 bits per heavy atom. The van der Waals surface area contributed by atoms with E-state index in [1.165, 1.54) is 24.0 Å². The molecule has 2 nitrogen and oxygen atoms in total. The van der Waals surface area contributed by atoms with E-state index in [-0.39, 0.29) is 5.78 Å². The monoisotopic (exact) mass is 265 g/mol. The van der Waals surface area contributed by atoms with Gasteiger partial charge in [-0.1, -0.05) is 42.5 Å². The van der Waals surface area contributed by atoms with Crippen molar-refractivity contribution in [2.75, 3.05) is 0 Å². The van der Waals surface area contributed by atoms with Crippen LogP contribution in [-0.4, -0.2) is 5.78 Å². The first-order valence-electron chi connectivity index (χ1n) is 7.19. The number of carbonyl (C=O) groups is 1. The van der Waals surface area contributed by atoms with E-state index >= 15 is 0 Å². The van der Waals surface area contributed by atoms with E-state index in [1.54, 1.807) is 0 Å². The van der Waals surface area contributed by atoms with Crippen LogP contribution in [0.5, 0.6) is 0 Å². The van der Waals surface area contributed by atoms with E-state index in [0.717, 1.165) is 23.1 Å². The minimum atomic E-state index is 0.173. The summed E-state index contributed by atoms with van der Waals surface area (Å²) >= 11 is 0. The first-order chi connectivity index (χ1) is 9.76. The van der Waals surface area contributed by atoms with E-state index in [4.69, 9.17) is 5.73 Å².